The van der Waals surface area contributed by atoms with Gasteiger partial charge in [0, 0.05) is 0 Å². The number of para-hydroxylation sites is 2. The fourth-order valence-corrected chi connectivity index (χ4v) is 2.37. The van der Waals surface area contributed by atoms with Gasteiger partial charge < -0.3 is 4.84 Å². The van der Waals surface area contributed by atoms with Crippen molar-refractivity contribution in [2.24, 2.45) is 5.16 Å². The van der Waals surface area contributed by atoms with Crippen LogP contribution in [0.4, 0.5) is 0 Å². The first kappa shape index (κ1) is 15.2. The van der Waals surface area contributed by atoms with Crippen molar-refractivity contribution in [1.29, 1.82) is 0 Å². The summed E-state index contributed by atoms with van der Waals surface area (Å²) in [6.07, 6.45) is 0. The lowest BCUT2D eigenvalue weighted by Crippen LogP contribution is -2.11. The second-order valence-corrected chi connectivity index (χ2v) is 5.58. The van der Waals surface area contributed by atoms with Gasteiger partial charge in [0.05, 0.1) is 22.4 Å². The lowest BCUT2D eigenvalue weighted by atomic mass is 10.2. The molecule has 0 atom stereocenters. The summed E-state index contributed by atoms with van der Waals surface area (Å²) >= 11 is 0. The Morgan fingerprint density at radius 3 is 1.96 bits per heavy atom. The van der Waals surface area contributed by atoms with E-state index in [1.807, 2.05) is 50.2 Å². The predicted molar refractivity (Wildman–Crippen MR) is 90.5 cm³/mol. The molecule has 0 amide bonds. The first-order chi connectivity index (χ1) is 11.1. The molecule has 4 heteroatoms. The molecule has 0 saturated carbocycles. The SMILES string of the molecule is Cc1ccc(CON=c2c(C)nc3ccccc3nc2C)cc1. The van der Waals surface area contributed by atoms with Crippen molar-refractivity contribution in [1.82, 2.24) is 9.97 Å². The molecule has 3 aromatic rings. The minimum Gasteiger partial charge on any atom is -0.390 e. The molecule has 0 aliphatic carbocycles. The van der Waals surface area contributed by atoms with E-state index in [-0.39, 0.29) is 0 Å². The van der Waals surface area contributed by atoms with Crippen LogP contribution in [0.15, 0.2) is 53.7 Å². The van der Waals surface area contributed by atoms with Crippen LogP contribution in [-0.4, -0.2) is 9.97 Å². The molecule has 1 aromatic heterocycles. The molecule has 0 unspecified atom stereocenters. The lowest BCUT2D eigenvalue weighted by molar-refractivity contribution is 0.119. The van der Waals surface area contributed by atoms with Gasteiger partial charge in [-0.2, -0.15) is 0 Å². The van der Waals surface area contributed by atoms with Gasteiger partial charge in [-0.05, 0) is 38.5 Å². The summed E-state index contributed by atoms with van der Waals surface area (Å²) in [7, 11) is 0. The van der Waals surface area contributed by atoms with Crippen molar-refractivity contribution in [3.05, 3.63) is 76.4 Å². The van der Waals surface area contributed by atoms with E-state index < -0.39 is 0 Å². The molecule has 0 saturated heterocycles. The standard InChI is InChI=1S/C19H19N3O/c1-13-8-10-16(11-9-13)12-23-22-19-14(2)20-17-6-4-5-7-18(17)21-15(19)3/h4-11H,12H2,1-3H3. The van der Waals surface area contributed by atoms with Gasteiger partial charge in [-0.15, -0.1) is 0 Å². The molecule has 23 heavy (non-hydrogen) atoms. The van der Waals surface area contributed by atoms with Gasteiger partial charge in [0.1, 0.15) is 12.0 Å². The molecular formula is C19H19N3O. The van der Waals surface area contributed by atoms with Crippen LogP contribution >= 0.6 is 0 Å². The highest BCUT2D eigenvalue weighted by Crippen LogP contribution is 2.07. The van der Waals surface area contributed by atoms with E-state index in [0.29, 0.717) is 12.0 Å². The Bertz CT molecular complexity index is 855. The number of nitrogens with zero attached hydrogens (tertiary/aromatic N) is 3. The quantitative estimate of drug-likeness (QED) is 0.695. The first-order valence-corrected chi connectivity index (χ1v) is 7.59. The molecule has 1 heterocycles. The minimum absolute atomic E-state index is 0.428. The molecule has 0 N–H and O–H groups in total. The number of fused-ring (bicyclic) bond motifs is 1. The summed E-state index contributed by atoms with van der Waals surface area (Å²) in [6.45, 7) is 6.34. The number of benzene rings is 2. The maximum atomic E-state index is 5.52. The van der Waals surface area contributed by atoms with Crippen LogP contribution in [0.1, 0.15) is 22.5 Å². The maximum absolute atomic E-state index is 5.52. The van der Waals surface area contributed by atoms with Crippen LogP contribution < -0.4 is 5.36 Å². The van der Waals surface area contributed by atoms with Crippen molar-refractivity contribution in [2.75, 3.05) is 0 Å². The van der Waals surface area contributed by atoms with Crippen molar-refractivity contribution < 1.29 is 4.84 Å². The summed E-state index contributed by atoms with van der Waals surface area (Å²) in [5.41, 5.74) is 5.63. The van der Waals surface area contributed by atoms with Gasteiger partial charge in [-0.25, -0.2) is 9.97 Å². The summed E-state index contributed by atoms with van der Waals surface area (Å²) in [6, 6.07) is 16.0. The summed E-state index contributed by atoms with van der Waals surface area (Å²) in [5, 5.41) is 4.95. The van der Waals surface area contributed by atoms with E-state index in [0.717, 1.165) is 28.0 Å². The zero-order valence-corrected chi connectivity index (χ0v) is 13.6. The topological polar surface area (TPSA) is 47.4 Å². The van der Waals surface area contributed by atoms with E-state index in [4.69, 9.17) is 4.84 Å². The average Bonchev–Trinajstić information content (AvgIpc) is 2.66. The van der Waals surface area contributed by atoms with Gasteiger partial charge in [-0.1, -0.05) is 47.1 Å². The predicted octanol–water partition coefficient (Wildman–Crippen LogP) is 3.59. The molecule has 0 aliphatic heterocycles. The zero-order valence-electron chi connectivity index (χ0n) is 13.6. The number of aromatic nitrogens is 2. The molecular weight excluding hydrogens is 286 g/mol. The zero-order chi connectivity index (χ0) is 16.2. The Morgan fingerprint density at radius 1 is 0.826 bits per heavy atom. The van der Waals surface area contributed by atoms with E-state index in [1.165, 1.54) is 5.56 Å². The highest BCUT2D eigenvalue weighted by molar-refractivity contribution is 5.73. The van der Waals surface area contributed by atoms with Crippen LogP contribution in [0.5, 0.6) is 0 Å². The van der Waals surface area contributed by atoms with Crippen LogP contribution in [0.3, 0.4) is 0 Å². The van der Waals surface area contributed by atoms with Gasteiger partial charge in [-0.3, -0.25) is 0 Å². The molecule has 116 valence electrons. The molecule has 0 bridgehead atoms. The molecule has 0 radical (unpaired) electrons. The summed E-state index contributed by atoms with van der Waals surface area (Å²) in [5.74, 6) is 0. The third-order valence-corrected chi connectivity index (χ3v) is 3.65. The molecule has 4 nitrogen and oxygen atoms in total. The smallest absolute Gasteiger partial charge is 0.145 e. The third-order valence-electron chi connectivity index (χ3n) is 3.65. The van der Waals surface area contributed by atoms with Gasteiger partial charge in [0.25, 0.3) is 0 Å². The Labute approximate surface area is 135 Å². The normalized spacial score (nSPS) is 10.6. The maximum Gasteiger partial charge on any atom is 0.145 e. The minimum atomic E-state index is 0.428. The Morgan fingerprint density at radius 2 is 1.39 bits per heavy atom. The Kier molecular flexibility index (Phi) is 4.33. The number of rotatable bonds is 3. The average molecular weight is 305 g/mol. The monoisotopic (exact) mass is 305 g/mol. The fourth-order valence-electron chi connectivity index (χ4n) is 2.37. The second-order valence-electron chi connectivity index (χ2n) is 5.58. The summed E-state index contributed by atoms with van der Waals surface area (Å²) in [4.78, 5) is 14.7. The van der Waals surface area contributed by atoms with E-state index in [2.05, 4.69) is 34.2 Å². The third kappa shape index (κ3) is 3.54. The van der Waals surface area contributed by atoms with Crippen LogP contribution in [0, 0.1) is 20.8 Å². The second kappa shape index (κ2) is 6.57. The highest BCUT2D eigenvalue weighted by atomic mass is 16.6. The lowest BCUT2D eigenvalue weighted by Gasteiger charge is -2.00. The molecule has 0 aliphatic rings. The highest BCUT2D eigenvalue weighted by Gasteiger charge is 2.02. The molecule has 0 spiro atoms. The van der Waals surface area contributed by atoms with Crippen LogP contribution in [0.2, 0.25) is 0 Å². The van der Waals surface area contributed by atoms with Crippen molar-refractivity contribution in [3.8, 4) is 0 Å². The van der Waals surface area contributed by atoms with Crippen molar-refractivity contribution in [2.45, 2.75) is 27.4 Å². The van der Waals surface area contributed by atoms with Crippen molar-refractivity contribution in [3.63, 3.8) is 0 Å². The van der Waals surface area contributed by atoms with E-state index in [9.17, 15) is 0 Å². The van der Waals surface area contributed by atoms with Gasteiger partial charge in [0.2, 0.25) is 0 Å². The molecule has 2 aromatic carbocycles. The van der Waals surface area contributed by atoms with E-state index >= 15 is 0 Å². The van der Waals surface area contributed by atoms with E-state index in [1.54, 1.807) is 0 Å². The van der Waals surface area contributed by atoms with Gasteiger partial charge in [0.15, 0.2) is 0 Å². The number of hydrogen-bond acceptors (Lipinski definition) is 4. The fraction of sp³-hybridized carbons (Fsp3) is 0.211. The molecule has 3 rings (SSSR count). The molecule has 0 fully saturated rings. The van der Waals surface area contributed by atoms with Crippen LogP contribution in [0.25, 0.3) is 11.0 Å². The Hall–Kier alpha value is -2.75. The van der Waals surface area contributed by atoms with Crippen LogP contribution in [-0.2, 0) is 11.4 Å². The first-order valence-electron chi connectivity index (χ1n) is 7.59. The summed E-state index contributed by atoms with van der Waals surface area (Å²) < 4.78 is 0. The number of hydrogen-bond donors (Lipinski definition) is 0. The largest absolute Gasteiger partial charge is 0.390 e. The Balaban J connectivity index is 1.93. The number of aryl methyl sites for hydroxylation is 3. The van der Waals surface area contributed by atoms with Gasteiger partial charge >= 0.3 is 0 Å². The van der Waals surface area contributed by atoms with Crippen molar-refractivity contribution >= 4 is 11.0 Å².